The molecule has 0 aliphatic heterocycles. The summed E-state index contributed by atoms with van der Waals surface area (Å²) in [4.78, 5) is 11.9. The standard InChI is InChI=1S/C12H13BrN4O/c1-17-11(14)10(7-16-17)12(18)15-6-8-2-4-9(13)5-3-8/h2-5,7H,6,14H2,1H3,(H,15,18). The van der Waals surface area contributed by atoms with E-state index in [1.807, 2.05) is 24.3 Å². The van der Waals surface area contributed by atoms with Gasteiger partial charge in [0.2, 0.25) is 0 Å². The summed E-state index contributed by atoms with van der Waals surface area (Å²) in [7, 11) is 1.70. The van der Waals surface area contributed by atoms with Gasteiger partial charge in [0.25, 0.3) is 5.91 Å². The number of nitrogens with zero attached hydrogens (tertiary/aromatic N) is 2. The molecule has 0 unspecified atom stereocenters. The minimum Gasteiger partial charge on any atom is -0.383 e. The fourth-order valence-electron chi connectivity index (χ4n) is 1.50. The molecule has 18 heavy (non-hydrogen) atoms. The molecular formula is C12H13BrN4O. The summed E-state index contributed by atoms with van der Waals surface area (Å²) in [5.41, 5.74) is 7.15. The van der Waals surface area contributed by atoms with Crippen LogP contribution >= 0.6 is 15.9 Å². The summed E-state index contributed by atoms with van der Waals surface area (Å²) >= 11 is 3.36. The quantitative estimate of drug-likeness (QED) is 0.906. The van der Waals surface area contributed by atoms with Gasteiger partial charge in [-0.2, -0.15) is 5.10 Å². The first-order valence-electron chi connectivity index (χ1n) is 5.38. The van der Waals surface area contributed by atoms with Crippen LogP contribution in [0.1, 0.15) is 15.9 Å². The van der Waals surface area contributed by atoms with Crippen molar-refractivity contribution in [3.63, 3.8) is 0 Å². The van der Waals surface area contributed by atoms with E-state index in [4.69, 9.17) is 5.73 Å². The summed E-state index contributed by atoms with van der Waals surface area (Å²) in [5.74, 6) is 0.145. The molecule has 6 heteroatoms. The second-order valence-corrected chi connectivity index (χ2v) is 4.79. The van der Waals surface area contributed by atoms with Gasteiger partial charge in [-0.25, -0.2) is 0 Å². The number of aryl methyl sites for hydroxylation is 1. The van der Waals surface area contributed by atoms with Gasteiger partial charge >= 0.3 is 0 Å². The molecule has 2 aromatic rings. The van der Waals surface area contributed by atoms with E-state index in [9.17, 15) is 4.79 Å². The summed E-state index contributed by atoms with van der Waals surface area (Å²) in [6.45, 7) is 0.459. The molecule has 0 fully saturated rings. The van der Waals surface area contributed by atoms with Crippen molar-refractivity contribution in [2.75, 3.05) is 5.73 Å². The Bertz CT molecular complexity index is 562. The summed E-state index contributed by atoms with van der Waals surface area (Å²) < 4.78 is 2.48. The molecule has 2 rings (SSSR count). The average Bonchev–Trinajstić information content (AvgIpc) is 2.69. The van der Waals surface area contributed by atoms with Crippen molar-refractivity contribution in [1.82, 2.24) is 15.1 Å². The zero-order valence-corrected chi connectivity index (χ0v) is 11.4. The number of carbonyl (C=O) groups excluding carboxylic acids is 1. The summed E-state index contributed by atoms with van der Waals surface area (Å²) in [6, 6.07) is 7.74. The zero-order valence-electron chi connectivity index (χ0n) is 9.85. The van der Waals surface area contributed by atoms with Crippen molar-refractivity contribution in [1.29, 1.82) is 0 Å². The van der Waals surface area contributed by atoms with Crippen LogP contribution in [0.3, 0.4) is 0 Å². The molecule has 5 nitrogen and oxygen atoms in total. The Morgan fingerprint density at radius 3 is 2.67 bits per heavy atom. The molecule has 1 heterocycles. The summed E-state index contributed by atoms with van der Waals surface area (Å²) in [5, 5.41) is 6.73. The van der Waals surface area contributed by atoms with E-state index < -0.39 is 0 Å². The Hall–Kier alpha value is -1.82. The number of amides is 1. The van der Waals surface area contributed by atoms with E-state index in [2.05, 4.69) is 26.3 Å². The van der Waals surface area contributed by atoms with Gasteiger partial charge in [-0.1, -0.05) is 28.1 Å². The largest absolute Gasteiger partial charge is 0.383 e. The Labute approximate surface area is 113 Å². The molecule has 3 N–H and O–H groups in total. The van der Waals surface area contributed by atoms with Crippen molar-refractivity contribution in [2.24, 2.45) is 7.05 Å². The fraction of sp³-hybridized carbons (Fsp3) is 0.167. The third-order valence-corrected chi connectivity index (χ3v) is 3.12. The molecule has 0 atom stereocenters. The van der Waals surface area contributed by atoms with Gasteiger partial charge in [0.1, 0.15) is 11.4 Å². The lowest BCUT2D eigenvalue weighted by molar-refractivity contribution is 0.0952. The number of halogens is 1. The van der Waals surface area contributed by atoms with Crippen molar-refractivity contribution in [3.8, 4) is 0 Å². The highest BCUT2D eigenvalue weighted by Crippen LogP contribution is 2.11. The first-order valence-corrected chi connectivity index (χ1v) is 6.17. The van der Waals surface area contributed by atoms with Crippen LogP contribution in [0, 0.1) is 0 Å². The highest BCUT2D eigenvalue weighted by atomic mass is 79.9. The van der Waals surface area contributed by atoms with Crippen LogP contribution in [0.25, 0.3) is 0 Å². The van der Waals surface area contributed by atoms with Crippen molar-refractivity contribution in [3.05, 3.63) is 46.1 Å². The van der Waals surface area contributed by atoms with Gasteiger partial charge in [0, 0.05) is 18.1 Å². The predicted molar refractivity (Wildman–Crippen MR) is 72.9 cm³/mol. The fourth-order valence-corrected chi connectivity index (χ4v) is 1.77. The zero-order chi connectivity index (χ0) is 13.1. The van der Waals surface area contributed by atoms with Crippen molar-refractivity contribution < 1.29 is 4.79 Å². The van der Waals surface area contributed by atoms with E-state index in [1.165, 1.54) is 10.9 Å². The molecule has 0 radical (unpaired) electrons. The number of hydrogen-bond donors (Lipinski definition) is 2. The van der Waals surface area contributed by atoms with Crippen molar-refractivity contribution >= 4 is 27.7 Å². The number of aromatic nitrogens is 2. The van der Waals surface area contributed by atoms with Crippen LogP contribution in [-0.2, 0) is 13.6 Å². The highest BCUT2D eigenvalue weighted by molar-refractivity contribution is 9.10. The first-order chi connectivity index (χ1) is 8.58. The molecule has 0 spiro atoms. The maximum absolute atomic E-state index is 11.9. The average molecular weight is 309 g/mol. The molecule has 1 aromatic carbocycles. The second-order valence-electron chi connectivity index (χ2n) is 3.88. The van der Waals surface area contributed by atoms with Gasteiger partial charge in [0.15, 0.2) is 0 Å². The Kier molecular flexibility index (Phi) is 3.66. The molecule has 0 aliphatic carbocycles. The molecule has 0 saturated heterocycles. The van der Waals surface area contributed by atoms with E-state index in [-0.39, 0.29) is 5.91 Å². The van der Waals surface area contributed by atoms with Crippen LogP contribution in [-0.4, -0.2) is 15.7 Å². The molecule has 1 amide bonds. The number of hydrogen-bond acceptors (Lipinski definition) is 3. The number of benzene rings is 1. The van der Waals surface area contributed by atoms with Crippen LogP contribution in [0.2, 0.25) is 0 Å². The maximum Gasteiger partial charge on any atom is 0.256 e. The lowest BCUT2D eigenvalue weighted by atomic mass is 10.2. The molecular weight excluding hydrogens is 296 g/mol. The third kappa shape index (κ3) is 2.70. The Balaban J connectivity index is 2.00. The molecule has 94 valence electrons. The maximum atomic E-state index is 11.9. The lowest BCUT2D eigenvalue weighted by Crippen LogP contribution is -2.23. The van der Waals surface area contributed by atoms with E-state index >= 15 is 0 Å². The predicted octanol–water partition coefficient (Wildman–Crippen LogP) is 1.69. The van der Waals surface area contributed by atoms with Crippen LogP contribution < -0.4 is 11.1 Å². The van der Waals surface area contributed by atoms with E-state index in [0.29, 0.717) is 17.9 Å². The number of nitrogens with two attached hydrogens (primary N) is 1. The summed E-state index contributed by atoms with van der Waals surface area (Å²) in [6.07, 6.45) is 1.46. The molecule has 0 saturated carbocycles. The van der Waals surface area contributed by atoms with Gasteiger partial charge < -0.3 is 11.1 Å². The van der Waals surface area contributed by atoms with E-state index in [0.717, 1.165) is 10.0 Å². The number of carbonyl (C=O) groups is 1. The SMILES string of the molecule is Cn1ncc(C(=O)NCc2ccc(Br)cc2)c1N. The molecule has 0 aliphatic rings. The third-order valence-electron chi connectivity index (χ3n) is 2.60. The van der Waals surface area contributed by atoms with E-state index in [1.54, 1.807) is 7.05 Å². The van der Waals surface area contributed by atoms with Gasteiger partial charge in [-0.15, -0.1) is 0 Å². The smallest absolute Gasteiger partial charge is 0.256 e. The topological polar surface area (TPSA) is 72.9 Å². The highest BCUT2D eigenvalue weighted by Gasteiger charge is 2.12. The molecule has 0 bridgehead atoms. The molecule has 1 aromatic heterocycles. The monoisotopic (exact) mass is 308 g/mol. The second kappa shape index (κ2) is 5.22. The Morgan fingerprint density at radius 2 is 2.11 bits per heavy atom. The van der Waals surface area contributed by atoms with Gasteiger partial charge in [0.05, 0.1) is 6.20 Å². The number of rotatable bonds is 3. The normalized spacial score (nSPS) is 10.3. The van der Waals surface area contributed by atoms with Crippen LogP contribution in [0.15, 0.2) is 34.9 Å². The Morgan fingerprint density at radius 1 is 1.44 bits per heavy atom. The minimum absolute atomic E-state index is 0.219. The number of nitrogen functional groups attached to an aromatic ring is 1. The van der Waals surface area contributed by atoms with Crippen LogP contribution in [0.4, 0.5) is 5.82 Å². The van der Waals surface area contributed by atoms with Gasteiger partial charge in [-0.05, 0) is 17.7 Å². The van der Waals surface area contributed by atoms with Gasteiger partial charge in [-0.3, -0.25) is 9.48 Å². The van der Waals surface area contributed by atoms with Crippen LogP contribution in [0.5, 0.6) is 0 Å². The number of anilines is 1. The lowest BCUT2D eigenvalue weighted by Gasteiger charge is -2.05. The first kappa shape index (κ1) is 12.6. The minimum atomic E-state index is -0.219. The van der Waals surface area contributed by atoms with Crippen molar-refractivity contribution in [2.45, 2.75) is 6.54 Å². The number of nitrogens with one attached hydrogen (secondary N) is 1.